The van der Waals surface area contributed by atoms with Crippen LogP contribution in [0.25, 0.3) is 0 Å². The van der Waals surface area contributed by atoms with Crippen molar-refractivity contribution in [3.05, 3.63) is 52.3 Å². The third-order valence-electron chi connectivity index (χ3n) is 3.83. The van der Waals surface area contributed by atoms with Gasteiger partial charge in [-0.2, -0.15) is 5.10 Å². The molecule has 1 heterocycles. The molecule has 20 heavy (non-hydrogen) atoms. The molecule has 0 aliphatic carbocycles. The van der Waals surface area contributed by atoms with E-state index < -0.39 is 0 Å². The van der Waals surface area contributed by atoms with Crippen molar-refractivity contribution in [3.8, 4) is 0 Å². The molecule has 1 atom stereocenters. The highest BCUT2D eigenvalue weighted by Gasteiger charge is 2.11. The second kappa shape index (κ2) is 6.23. The van der Waals surface area contributed by atoms with Crippen LogP contribution in [0, 0.1) is 13.8 Å². The lowest BCUT2D eigenvalue weighted by Crippen LogP contribution is -2.19. The second-order valence-corrected chi connectivity index (χ2v) is 5.59. The van der Waals surface area contributed by atoms with E-state index in [-0.39, 0.29) is 0 Å². The van der Waals surface area contributed by atoms with Gasteiger partial charge in [0.15, 0.2) is 0 Å². The zero-order chi connectivity index (χ0) is 14.7. The molecule has 1 unspecified atom stereocenters. The van der Waals surface area contributed by atoms with E-state index in [0.717, 1.165) is 13.0 Å². The fourth-order valence-electron chi connectivity index (χ4n) is 2.63. The second-order valence-electron chi connectivity index (χ2n) is 5.59. The zero-order valence-corrected chi connectivity index (χ0v) is 13.2. The van der Waals surface area contributed by atoms with E-state index in [4.69, 9.17) is 0 Å². The Kier molecular flexibility index (Phi) is 4.61. The largest absolute Gasteiger partial charge is 0.306 e. The van der Waals surface area contributed by atoms with Crippen LogP contribution in [0.15, 0.2) is 24.4 Å². The van der Waals surface area contributed by atoms with Gasteiger partial charge in [-0.15, -0.1) is 0 Å². The van der Waals surface area contributed by atoms with Crippen LogP contribution in [0.5, 0.6) is 0 Å². The van der Waals surface area contributed by atoms with Crippen molar-refractivity contribution in [2.45, 2.75) is 46.7 Å². The van der Waals surface area contributed by atoms with E-state index in [1.165, 1.54) is 27.9 Å². The van der Waals surface area contributed by atoms with Crippen molar-refractivity contribution in [2.75, 3.05) is 0 Å². The Labute approximate surface area is 122 Å². The lowest BCUT2D eigenvalue weighted by molar-refractivity contribution is 0.569. The number of aryl methyl sites for hydroxylation is 4. The quantitative estimate of drug-likeness (QED) is 0.902. The van der Waals surface area contributed by atoms with Crippen LogP contribution in [0.2, 0.25) is 0 Å². The van der Waals surface area contributed by atoms with E-state index in [2.05, 4.69) is 62.5 Å². The topological polar surface area (TPSA) is 29.9 Å². The molecule has 1 N–H and O–H groups in total. The summed E-state index contributed by atoms with van der Waals surface area (Å²) in [7, 11) is 1.98. The van der Waals surface area contributed by atoms with Crippen molar-refractivity contribution >= 4 is 0 Å². The molecule has 1 aromatic carbocycles. The van der Waals surface area contributed by atoms with Gasteiger partial charge >= 0.3 is 0 Å². The number of hydrogen-bond donors (Lipinski definition) is 1. The van der Waals surface area contributed by atoms with Gasteiger partial charge in [-0.25, -0.2) is 0 Å². The highest BCUT2D eigenvalue weighted by molar-refractivity contribution is 5.32. The zero-order valence-electron chi connectivity index (χ0n) is 13.2. The number of aromatic nitrogens is 2. The van der Waals surface area contributed by atoms with Crippen LogP contribution < -0.4 is 5.32 Å². The average Bonchev–Trinajstić information content (AvgIpc) is 2.79. The fourth-order valence-corrected chi connectivity index (χ4v) is 2.63. The van der Waals surface area contributed by atoms with Gasteiger partial charge in [0.2, 0.25) is 0 Å². The average molecular weight is 271 g/mol. The third-order valence-corrected chi connectivity index (χ3v) is 3.83. The molecule has 0 saturated heterocycles. The first kappa shape index (κ1) is 14.8. The van der Waals surface area contributed by atoms with Crippen LogP contribution in [-0.2, 0) is 20.0 Å². The van der Waals surface area contributed by atoms with E-state index in [1.54, 1.807) is 0 Å². The molecular weight excluding hydrogens is 246 g/mol. The number of benzene rings is 1. The van der Waals surface area contributed by atoms with Gasteiger partial charge in [0, 0.05) is 31.4 Å². The molecule has 0 amide bonds. The first-order valence-corrected chi connectivity index (χ1v) is 7.33. The highest BCUT2D eigenvalue weighted by Crippen LogP contribution is 2.19. The molecule has 0 spiro atoms. The summed E-state index contributed by atoms with van der Waals surface area (Å²) >= 11 is 0. The maximum Gasteiger partial charge on any atom is 0.0666 e. The Morgan fingerprint density at radius 3 is 2.75 bits per heavy atom. The van der Waals surface area contributed by atoms with E-state index in [9.17, 15) is 0 Å². The summed E-state index contributed by atoms with van der Waals surface area (Å²) in [5.74, 6) is 0. The molecule has 108 valence electrons. The van der Waals surface area contributed by atoms with Gasteiger partial charge in [-0.3, -0.25) is 4.68 Å². The van der Waals surface area contributed by atoms with Crippen molar-refractivity contribution in [3.63, 3.8) is 0 Å². The van der Waals surface area contributed by atoms with Crippen LogP contribution in [0.1, 0.15) is 47.8 Å². The summed E-state index contributed by atoms with van der Waals surface area (Å²) in [6.07, 6.45) is 3.09. The van der Waals surface area contributed by atoms with E-state index >= 15 is 0 Å². The third kappa shape index (κ3) is 3.28. The molecule has 1 aromatic heterocycles. The molecule has 2 aromatic rings. The summed E-state index contributed by atoms with van der Waals surface area (Å²) in [6.45, 7) is 9.57. The lowest BCUT2D eigenvalue weighted by atomic mass is 10.00. The first-order chi connectivity index (χ1) is 9.51. The van der Waals surface area contributed by atoms with E-state index in [0.29, 0.717) is 6.04 Å². The van der Waals surface area contributed by atoms with Crippen LogP contribution in [0.4, 0.5) is 0 Å². The summed E-state index contributed by atoms with van der Waals surface area (Å²) < 4.78 is 1.90. The minimum absolute atomic E-state index is 0.347. The highest BCUT2D eigenvalue weighted by atomic mass is 15.3. The van der Waals surface area contributed by atoms with Gasteiger partial charge < -0.3 is 5.32 Å². The van der Waals surface area contributed by atoms with Crippen molar-refractivity contribution in [2.24, 2.45) is 7.05 Å². The van der Waals surface area contributed by atoms with E-state index in [1.807, 2.05) is 11.7 Å². The monoisotopic (exact) mass is 271 g/mol. The molecule has 0 radical (unpaired) electrons. The number of nitrogens with zero attached hydrogens (tertiary/aromatic N) is 2. The van der Waals surface area contributed by atoms with Gasteiger partial charge in [-0.1, -0.05) is 30.7 Å². The Bertz CT molecular complexity index is 584. The summed E-state index contributed by atoms with van der Waals surface area (Å²) in [4.78, 5) is 0. The summed E-state index contributed by atoms with van der Waals surface area (Å²) in [5.41, 5.74) is 6.53. The predicted octanol–water partition coefficient (Wildman–Crippen LogP) is 3.45. The van der Waals surface area contributed by atoms with Crippen LogP contribution in [0.3, 0.4) is 0 Å². The maximum atomic E-state index is 4.49. The smallest absolute Gasteiger partial charge is 0.0666 e. The molecule has 0 bridgehead atoms. The van der Waals surface area contributed by atoms with Crippen molar-refractivity contribution in [1.29, 1.82) is 0 Å². The summed E-state index contributed by atoms with van der Waals surface area (Å²) in [6, 6.07) is 6.99. The summed E-state index contributed by atoms with van der Waals surface area (Å²) in [5, 5.41) is 8.11. The Morgan fingerprint density at radius 1 is 1.30 bits per heavy atom. The SMILES string of the molecule is CCc1nn(C)cc1CNC(C)c1cc(C)ccc1C. The first-order valence-electron chi connectivity index (χ1n) is 7.33. The van der Waals surface area contributed by atoms with Crippen LogP contribution in [-0.4, -0.2) is 9.78 Å². The minimum atomic E-state index is 0.347. The normalized spacial score (nSPS) is 12.7. The number of rotatable bonds is 5. The van der Waals surface area contributed by atoms with Gasteiger partial charge in [0.05, 0.1) is 5.69 Å². The molecule has 3 heteroatoms. The van der Waals surface area contributed by atoms with Crippen molar-refractivity contribution in [1.82, 2.24) is 15.1 Å². The Hall–Kier alpha value is -1.61. The lowest BCUT2D eigenvalue weighted by Gasteiger charge is -2.17. The Morgan fingerprint density at radius 2 is 2.05 bits per heavy atom. The molecule has 3 nitrogen and oxygen atoms in total. The molecule has 0 fully saturated rings. The maximum absolute atomic E-state index is 4.49. The van der Waals surface area contributed by atoms with Gasteiger partial charge in [-0.05, 0) is 38.3 Å². The van der Waals surface area contributed by atoms with Crippen LogP contribution >= 0.6 is 0 Å². The van der Waals surface area contributed by atoms with Gasteiger partial charge in [0.1, 0.15) is 0 Å². The molecule has 2 rings (SSSR count). The molecular formula is C17H25N3. The predicted molar refractivity (Wildman–Crippen MR) is 83.8 cm³/mol. The number of hydrogen-bond acceptors (Lipinski definition) is 2. The Balaban J connectivity index is 2.08. The minimum Gasteiger partial charge on any atom is -0.306 e. The molecule has 0 saturated carbocycles. The van der Waals surface area contributed by atoms with Crippen molar-refractivity contribution < 1.29 is 0 Å². The molecule has 0 aliphatic heterocycles. The number of nitrogens with one attached hydrogen (secondary N) is 1. The standard InChI is InChI=1S/C17H25N3/c1-6-17-15(11-20(5)19-17)10-18-14(4)16-9-12(2)7-8-13(16)3/h7-9,11,14,18H,6,10H2,1-5H3. The molecule has 0 aliphatic rings. The fraction of sp³-hybridized carbons (Fsp3) is 0.471. The van der Waals surface area contributed by atoms with Gasteiger partial charge in [0.25, 0.3) is 0 Å².